The SMILES string of the molecule is O=C(O)c1cc([N+](=O)[O-])ccc1N1CCS(=O)CC1. The Morgan fingerprint density at radius 3 is 2.53 bits per heavy atom. The van der Waals surface area contributed by atoms with Crippen LogP contribution in [-0.2, 0) is 10.8 Å². The predicted octanol–water partition coefficient (Wildman–Crippen LogP) is 0.862. The highest BCUT2D eigenvalue weighted by Crippen LogP contribution is 2.26. The van der Waals surface area contributed by atoms with Gasteiger partial charge in [0.25, 0.3) is 5.69 Å². The molecular weight excluding hydrogens is 272 g/mol. The zero-order valence-electron chi connectivity index (χ0n) is 9.94. The number of anilines is 1. The van der Waals surface area contributed by atoms with Crippen molar-refractivity contribution in [1.82, 2.24) is 0 Å². The highest BCUT2D eigenvalue weighted by atomic mass is 32.2. The summed E-state index contributed by atoms with van der Waals surface area (Å²) in [7, 11) is -0.861. The van der Waals surface area contributed by atoms with E-state index in [2.05, 4.69) is 0 Å². The van der Waals surface area contributed by atoms with Crippen LogP contribution in [0.2, 0.25) is 0 Å². The van der Waals surface area contributed by atoms with Crippen molar-refractivity contribution in [2.75, 3.05) is 29.5 Å². The molecule has 0 bridgehead atoms. The first-order chi connectivity index (χ1) is 8.99. The number of benzene rings is 1. The summed E-state index contributed by atoms with van der Waals surface area (Å²) in [6.45, 7) is 0.982. The molecule has 1 saturated heterocycles. The fourth-order valence-electron chi connectivity index (χ4n) is 1.96. The first kappa shape index (κ1) is 13.5. The van der Waals surface area contributed by atoms with Gasteiger partial charge >= 0.3 is 5.97 Å². The minimum Gasteiger partial charge on any atom is -0.478 e. The second-order valence-corrected chi connectivity index (χ2v) is 5.79. The van der Waals surface area contributed by atoms with E-state index < -0.39 is 21.7 Å². The molecule has 1 heterocycles. The van der Waals surface area contributed by atoms with Gasteiger partial charge in [0, 0.05) is 47.5 Å². The summed E-state index contributed by atoms with van der Waals surface area (Å²) in [5.41, 5.74) is 0.0958. The van der Waals surface area contributed by atoms with Crippen molar-refractivity contribution in [3.63, 3.8) is 0 Å². The van der Waals surface area contributed by atoms with Gasteiger partial charge in [0.05, 0.1) is 16.2 Å². The van der Waals surface area contributed by atoms with Crippen molar-refractivity contribution in [3.05, 3.63) is 33.9 Å². The standard InChI is InChI=1S/C11H12N2O5S/c14-11(15)9-7-8(13(16)17)1-2-10(9)12-3-5-19(18)6-4-12/h1-2,7H,3-6H2,(H,14,15). The third kappa shape index (κ3) is 2.90. The van der Waals surface area contributed by atoms with Crippen LogP contribution in [-0.4, -0.2) is 44.8 Å². The van der Waals surface area contributed by atoms with Gasteiger partial charge in [-0.3, -0.25) is 14.3 Å². The first-order valence-electron chi connectivity index (χ1n) is 5.60. The molecule has 0 saturated carbocycles. The molecule has 102 valence electrons. The third-order valence-electron chi connectivity index (χ3n) is 2.94. The van der Waals surface area contributed by atoms with E-state index in [0.717, 1.165) is 6.07 Å². The number of rotatable bonds is 3. The zero-order valence-corrected chi connectivity index (χ0v) is 10.8. The van der Waals surface area contributed by atoms with Crippen LogP contribution >= 0.6 is 0 Å². The average molecular weight is 284 g/mol. The summed E-state index contributed by atoms with van der Waals surface area (Å²) in [5.74, 6) is -0.239. The van der Waals surface area contributed by atoms with E-state index in [-0.39, 0.29) is 11.3 Å². The van der Waals surface area contributed by atoms with Crippen molar-refractivity contribution in [2.24, 2.45) is 0 Å². The molecule has 1 fully saturated rings. The van der Waals surface area contributed by atoms with Gasteiger partial charge < -0.3 is 10.0 Å². The lowest BCUT2D eigenvalue weighted by Crippen LogP contribution is -2.38. The van der Waals surface area contributed by atoms with Crippen molar-refractivity contribution in [3.8, 4) is 0 Å². The lowest BCUT2D eigenvalue weighted by atomic mass is 10.1. The second-order valence-electron chi connectivity index (χ2n) is 4.10. The average Bonchev–Trinajstić information content (AvgIpc) is 2.38. The molecule has 1 aromatic carbocycles. The number of aromatic carboxylic acids is 1. The number of carboxylic acid groups (broad SMARTS) is 1. The summed E-state index contributed by atoms with van der Waals surface area (Å²) in [5, 5.41) is 19.8. The Hall–Kier alpha value is -1.96. The molecular formula is C11H12N2O5S. The summed E-state index contributed by atoms with van der Waals surface area (Å²) in [6.07, 6.45) is 0. The molecule has 19 heavy (non-hydrogen) atoms. The van der Waals surface area contributed by atoms with Crippen molar-refractivity contribution in [1.29, 1.82) is 0 Å². The monoisotopic (exact) mass is 284 g/mol. The fourth-order valence-corrected chi connectivity index (χ4v) is 3.02. The van der Waals surface area contributed by atoms with E-state index in [1.165, 1.54) is 12.1 Å². The summed E-state index contributed by atoms with van der Waals surface area (Å²) in [4.78, 5) is 23.0. The lowest BCUT2D eigenvalue weighted by Gasteiger charge is -2.29. The quantitative estimate of drug-likeness (QED) is 0.652. The summed E-state index contributed by atoms with van der Waals surface area (Å²) < 4.78 is 11.3. The normalized spacial score (nSPS) is 16.3. The van der Waals surface area contributed by atoms with Gasteiger partial charge in [-0.05, 0) is 6.07 Å². The van der Waals surface area contributed by atoms with E-state index >= 15 is 0 Å². The van der Waals surface area contributed by atoms with Gasteiger partial charge in [0.2, 0.25) is 0 Å². The topological polar surface area (TPSA) is 101 Å². The van der Waals surface area contributed by atoms with Crippen LogP contribution < -0.4 is 4.90 Å². The minimum atomic E-state index is -1.20. The smallest absolute Gasteiger partial charge is 0.338 e. The summed E-state index contributed by atoms with van der Waals surface area (Å²) in [6, 6.07) is 3.78. The number of nitro groups is 1. The Bertz CT molecular complexity index is 550. The van der Waals surface area contributed by atoms with Crippen LogP contribution in [0.25, 0.3) is 0 Å². The van der Waals surface area contributed by atoms with Gasteiger partial charge in [0.15, 0.2) is 0 Å². The van der Waals surface area contributed by atoms with Crippen molar-refractivity contribution < 1.29 is 19.0 Å². The molecule has 2 rings (SSSR count). The second kappa shape index (κ2) is 5.35. The minimum absolute atomic E-state index is 0.0955. The summed E-state index contributed by atoms with van der Waals surface area (Å²) >= 11 is 0. The number of carbonyl (C=O) groups is 1. The van der Waals surface area contributed by atoms with Crippen LogP contribution in [0, 0.1) is 10.1 Å². The van der Waals surface area contributed by atoms with E-state index in [0.29, 0.717) is 30.3 Å². The Morgan fingerprint density at radius 1 is 1.37 bits per heavy atom. The Labute approximate surface area is 111 Å². The van der Waals surface area contributed by atoms with Crippen LogP contribution in [0.4, 0.5) is 11.4 Å². The number of non-ortho nitro benzene ring substituents is 1. The molecule has 0 atom stereocenters. The molecule has 7 nitrogen and oxygen atoms in total. The van der Waals surface area contributed by atoms with E-state index in [9.17, 15) is 19.1 Å². The maximum atomic E-state index is 11.3. The van der Waals surface area contributed by atoms with Crippen molar-refractivity contribution >= 4 is 28.1 Å². The number of hydrogen-bond donors (Lipinski definition) is 1. The Kier molecular flexibility index (Phi) is 3.79. The predicted molar refractivity (Wildman–Crippen MR) is 70.1 cm³/mol. The molecule has 0 radical (unpaired) electrons. The molecule has 0 spiro atoms. The molecule has 0 aromatic heterocycles. The molecule has 8 heteroatoms. The lowest BCUT2D eigenvalue weighted by molar-refractivity contribution is -0.384. The Balaban J connectivity index is 2.36. The number of nitro benzene ring substituents is 1. The molecule has 0 amide bonds. The maximum Gasteiger partial charge on any atom is 0.338 e. The molecule has 1 aliphatic heterocycles. The molecule has 0 aliphatic carbocycles. The number of hydrogen-bond acceptors (Lipinski definition) is 5. The third-order valence-corrected chi connectivity index (χ3v) is 4.22. The zero-order chi connectivity index (χ0) is 14.0. The van der Waals surface area contributed by atoms with Gasteiger partial charge in [-0.2, -0.15) is 0 Å². The first-order valence-corrected chi connectivity index (χ1v) is 7.09. The molecule has 0 unspecified atom stereocenters. The maximum absolute atomic E-state index is 11.3. The van der Waals surface area contributed by atoms with Crippen LogP contribution in [0.3, 0.4) is 0 Å². The fraction of sp³-hybridized carbons (Fsp3) is 0.364. The highest BCUT2D eigenvalue weighted by Gasteiger charge is 2.22. The van der Waals surface area contributed by atoms with Crippen LogP contribution in [0.5, 0.6) is 0 Å². The van der Waals surface area contributed by atoms with E-state index in [4.69, 9.17) is 5.11 Å². The highest BCUT2D eigenvalue weighted by molar-refractivity contribution is 7.85. The van der Waals surface area contributed by atoms with Gasteiger partial charge in [-0.25, -0.2) is 4.79 Å². The molecule has 1 aromatic rings. The largest absolute Gasteiger partial charge is 0.478 e. The van der Waals surface area contributed by atoms with Crippen LogP contribution in [0.1, 0.15) is 10.4 Å². The number of nitrogens with zero attached hydrogens (tertiary/aromatic N) is 2. The van der Waals surface area contributed by atoms with Gasteiger partial charge in [0.1, 0.15) is 0 Å². The molecule has 1 N–H and O–H groups in total. The van der Waals surface area contributed by atoms with Gasteiger partial charge in [-0.15, -0.1) is 0 Å². The molecule has 1 aliphatic rings. The van der Waals surface area contributed by atoms with Crippen LogP contribution in [0.15, 0.2) is 18.2 Å². The number of carboxylic acids is 1. The van der Waals surface area contributed by atoms with Crippen molar-refractivity contribution in [2.45, 2.75) is 0 Å². The Morgan fingerprint density at radius 2 is 2.00 bits per heavy atom. The van der Waals surface area contributed by atoms with E-state index in [1.54, 1.807) is 4.90 Å². The van der Waals surface area contributed by atoms with E-state index in [1.807, 2.05) is 0 Å². The van der Waals surface area contributed by atoms with Gasteiger partial charge in [-0.1, -0.05) is 0 Å².